The van der Waals surface area contributed by atoms with E-state index in [4.69, 9.17) is 4.74 Å². The predicted octanol–water partition coefficient (Wildman–Crippen LogP) is 6.07. The van der Waals surface area contributed by atoms with E-state index < -0.39 is 12.1 Å². The van der Waals surface area contributed by atoms with Crippen LogP contribution < -0.4 is 0 Å². The first-order valence-electron chi connectivity index (χ1n) is 10.8. The van der Waals surface area contributed by atoms with E-state index >= 15 is 0 Å². The fourth-order valence-corrected chi connectivity index (χ4v) is 4.04. The monoisotopic (exact) mass is 382 g/mol. The van der Waals surface area contributed by atoms with Gasteiger partial charge in [-0.05, 0) is 75.0 Å². The Balaban J connectivity index is 1.81. The van der Waals surface area contributed by atoms with Crippen LogP contribution in [0.2, 0.25) is 0 Å². The molecule has 0 bridgehead atoms. The van der Waals surface area contributed by atoms with Crippen molar-refractivity contribution in [1.82, 2.24) is 0 Å². The second kappa shape index (κ2) is 11.7. The van der Waals surface area contributed by atoms with Crippen LogP contribution >= 0.6 is 0 Å². The van der Waals surface area contributed by atoms with Gasteiger partial charge in [-0.1, -0.05) is 57.1 Å². The zero-order valence-corrected chi connectivity index (χ0v) is 17.6. The summed E-state index contributed by atoms with van der Waals surface area (Å²) in [5, 5.41) is 0. The highest BCUT2D eigenvalue weighted by molar-refractivity contribution is 6.00. The largest absolute Gasteiger partial charge is 0.450 e. The fourth-order valence-electron chi connectivity index (χ4n) is 4.04. The molecule has 1 aromatic carbocycles. The van der Waals surface area contributed by atoms with Crippen molar-refractivity contribution < 1.29 is 14.3 Å². The van der Waals surface area contributed by atoms with Crippen molar-refractivity contribution in [2.45, 2.75) is 90.6 Å². The molecule has 152 valence electrons. The zero-order valence-electron chi connectivity index (χ0n) is 17.6. The molecule has 1 unspecified atom stereocenters. The molecule has 1 fully saturated rings. The van der Waals surface area contributed by atoms with Crippen LogP contribution in [0.3, 0.4) is 0 Å². The van der Waals surface area contributed by atoms with Crippen molar-refractivity contribution in [3.05, 3.63) is 35.4 Å². The Labute approximate surface area is 170 Å². The summed E-state index contributed by atoms with van der Waals surface area (Å²) in [6.07, 6.45) is 11.1. The van der Waals surface area contributed by atoms with Gasteiger partial charge in [0.05, 0.1) is 5.56 Å². The van der Waals surface area contributed by atoms with Crippen molar-refractivity contribution in [2.24, 2.45) is 5.92 Å². The van der Waals surface area contributed by atoms with Gasteiger partial charge in [-0.2, -0.15) is 0 Å². The molecule has 0 N–H and O–H groups in total. The van der Waals surface area contributed by atoms with Gasteiger partial charge in [0.1, 0.15) is 0 Å². The number of rotatable bonds is 9. The number of esters is 1. The third kappa shape index (κ3) is 6.82. The van der Waals surface area contributed by atoms with Gasteiger partial charge in [0.2, 0.25) is 5.78 Å². The van der Waals surface area contributed by atoms with E-state index in [9.17, 15) is 9.59 Å². The first kappa shape index (κ1) is 22.2. The van der Waals surface area contributed by atoms with Crippen molar-refractivity contribution in [2.75, 3.05) is 0 Å². The second-order valence-electron chi connectivity index (χ2n) is 7.98. The number of hydrogen-bond donors (Lipinski definition) is 0. The Bertz CT molecular complexity index is 685. The van der Waals surface area contributed by atoms with Crippen LogP contribution in [0.5, 0.6) is 0 Å². The smallest absolute Gasteiger partial charge is 0.338 e. The Hall–Kier alpha value is -2.08. The Kier molecular flexibility index (Phi) is 9.28. The molecule has 1 aromatic rings. The van der Waals surface area contributed by atoms with Crippen LogP contribution in [0, 0.1) is 17.8 Å². The molecule has 0 spiro atoms. The third-order valence-electron chi connectivity index (χ3n) is 5.83. The molecule has 3 heteroatoms. The van der Waals surface area contributed by atoms with Crippen LogP contribution in [-0.4, -0.2) is 17.9 Å². The van der Waals surface area contributed by atoms with Gasteiger partial charge in [-0.25, -0.2) is 4.79 Å². The van der Waals surface area contributed by atoms with Crippen molar-refractivity contribution in [3.8, 4) is 11.8 Å². The molecule has 2 rings (SSSR count). The third-order valence-corrected chi connectivity index (χ3v) is 5.83. The minimum atomic E-state index is -0.841. The number of carbonyl (C=O) groups is 2. The topological polar surface area (TPSA) is 43.4 Å². The molecule has 0 heterocycles. The van der Waals surface area contributed by atoms with Gasteiger partial charge in [0.25, 0.3) is 0 Å². The summed E-state index contributed by atoms with van der Waals surface area (Å²) in [5.41, 5.74) is 1.79. The van der Waals surface area contributed by atoms with E-state index in [1.54, 1.807) is 13.8 Å². The molecule has 0 saturated heterocycles. The van der Waals surface area contributed by atoms with Crippen molar-refractivity contribution >= 4 is 11.8 Å². The lowest BCUT2D eigenvalue weighted by Crippen LogP contribution is -2.23. The first-order chi connectivity index (χ1) is 13.5. The van der Waals surface area contributed by atoms with Crippen molar-refractivity contribution in [1.29, 1.82) is 0 Å². The number of hydrogen-bond acceptors (Lipinski definition) is 3. The molecular formula is C25H34O3. The lowest BCUT2D eigenvalue weighted by Gasteiger charge is -2.29. The summed E-state index contributed by atoms with van der Waals surface area (Å²) < 4.78 is 5.21. The molecule has 1 saturated carbocycles. The molecule has 3 nitrogen and oxygen atoms in total. The van der Waals surface area contributed by atoms with E-state index in [2.05, 4.69) is 18.8 Å². The first-order valence-corrected chi connectivity index (χ1v) is 10.8. The van der Waals surface area contributed by atoms with Crippen LogP contribution in [0.15, 0.2) is 24.3 Å². The van der Waals surface area contributed by atoms with Gasteiger partial charge in [0.15, 0.2) is 6.10 Å². The summed E-state index contributed by atoms with van der Waals surface area (Å²) in [6.45, 7) is 5.40. The van der Waals surface area contributed by atoms with Gasteiger partial charge >= 0.3 is 5.97 Å². The van der Waals surface area contributed by atoms with Gasteiger partial charge in [-0.15, -0.1) is 0 Å². The number of ketones is 1. The molecule has 28 heavy (non-hydrogen) atoms. The summed E-state index contributed by atoms with van der Waals surface area (Å²) in [7, 11) is 0. The summed E-state index contributed by atoms with van der Waals surface area (Å²) >= 11 is 0. The normalized spacial score (nSPS) is 20.0. The average molecular weight is 383 g/mol. The number of Topliss-reactive ketones (excluding diaryl/α,β-unsaturated/α-hetero) is 1. The lowest BCUT2D eigenvalue weighted by molar-refractivity contribution is -0.121. The van der Waals surface area contributed by atoms with Crippen molar-refractivity contribution in [3.63, 3.8) is 0 Å². The molecule has 1 aliphatic rings. The molecule has 0 aliphatic heterocycles. The molecule has 0 aromatic heterocycles. The number of benzene rings is 1. The highest BCUT2D eigenvalue weighted by Gasteiger charge is 2.23. The van der Waals surface area contributed by atoms with Gasteiger partial charge < -0.3 is 4.74 Å². The predicted molar refractivity (Wildman–Crippen MR) is 113 cm³/mol. The van der Waals surface area contributed by atoms with E-state index in [0.29, 0.717) is 11.5 Å². The zero-order chi connectivity index (χ0) is 20.4. The molecule has 1 atom stereocenters. The summed E-state index contributed by atoms with van der Waals surface area (Å²) in [5.74, 6) is 5.59. The molecule has 0 amide bonds. The standard InChI is InChI=1S/C25H34O3/c1-4-6-7-8-10-20-11-13-21(14-12-20)22-15-17-23(18-16-22)25(27)28-19(3)24(26)9-5-2/h15-21H,4,6-8,10-14H2,1-3H3. The minimum Gasteiger partial charge on any atom is -0.450 e. The summed E-state index contributed by atoms with van der Waals surface area (Å²) in [6, 6.07) is 7.72. The highest BCUT2D eigenvalue weighted by atomic mass is 16.5. The van der Waals surface area contributed by atoms with Crippen LogP contribution in [0.1, 0.15) is 100 Å². The maximum Gasteiger partial charge on any atom is 0.338 e. The molecular weight excluding hydrogens is 348 g/mol. The fraction of sp³-hybridized carbons (Fsp3) is 0.600. The SMILES string of the molecule is CC#CC(=O)C(C)OC(=O)c1ccc(C2CCC(CCCCCC)CC2)cc1. The van der Waals surface area contributed by atoms with Crippen LogP contribution in [0.4, 0.5) is 0 Å². The molecule has 0 radical (unpaired) electrons. The quantitative estimate of drug-likeness (QED) is 0.225. The average Bonchev–Trinajstić information content (AvgIpc) is 2.72. The Morgan fingerprint density at radius 2 is 1.75 bits per heavy atom. The van der Waals surface area contributed by atoms with E-state index in [1.165, 1.54) is 63.4 Å². The van der Waals surface area contributed by atoms with Crippen LogP contribution in [-0.2, 0) is 9.53 Å². The Morgan fingerprint density at radius 1 is 1.07 bits per heavy atom. The maximum atomic E-state index is 12.2. The lowest BCUT2D eigenvalue weighted by atomic mass is 9.77. The number of ether oxygens (including phenoxy) is 1. The molecule has 1 aliphatic carbocycles. The minimum absolute atomic E-state index is 0.376. The highest BCUT2D eigenvalue weighted by Crippen LogP contribution is 2.37. The maximum absolute atomic E-state index is 12.2. The van der Waals surface area contributed by atoms with E-state index in [-0.39, 0.29) is 5.78 Å². The number of unbranched alkanes of at least 4 members (excludes halogenated alkanes) is 3. The van der Waals surface area contributed by atoms with Gasteiger partial charge in [-0.3, -0.25) is 4.79 Å². The number of carbonyl (C=O) groups excluding carboxylic acids is 2. The summed E-state index contributed by atoms with van der Waals surface area (Å²) in [4.78, 5) is 23.9. The Morgan fingerprint density at radius 3 is 2.36 bits per heavy atom. The van der Waals surface area contributed by atoms with E-state index in [1.807, 2.05) is 24.3 Å². The van der Waals surface area contributed by atoms with Crippen LogP contribution in [0.25, 0.3) is 0 Å². The second-order valence-corrected chi connectivity index (χ2v) is 7.98. The van der Waals surface area contributed by atoms with Gasteiger partial charge in [0, 0.05) is 0 Å². The van der Waals surface area contributed by atoms with E-state index in [0.717, 1.165) is 5.92 Å².